The summed E-state index contributed by atoms with van der Waals surface area (Å²) in [4.78, 5) is 25.7. The first-order valence-electron chi connectivity index (χ1n) is 9.50. The van der Waals surface area contributed by atoms with E-state index in [1.165, 1.54) is 29.7 Å². The summed E-state index contributed by atoms with van der Waals surface area (Å²) >= 11 is 1.46. The largest absolute Gasteiger partial charge is 0.378 e. The summed E-state index contributed by atoms with van der Waals surface area (Å²) < 4.78 is 18.7. The number of nitrogens with zero attached hydrogens (tertiary/aromatic N) is 3. The zero-order valence-electron chi connectivity index (χ0n) is 15.9. The number of anilines is 3. The molecule has 4 aromatic rings. The molecule has 0 spiro atoms. The molecular formula is C21H18FN5O2S. The maximum Gasteiger partial charge on any atom is 0.266 e. The van der Waals surface area contributed by atoms with E-state index < -0.39 is 0 Å². The Balaban J connectivity index is 1.52. The molecule has 7 nitrogen and oxygen atoms in total. The Hall–Kier alpha value is -3.30. The van der Waals surface area contributed by atoms with Gasteiger partial charge in [-0.1, -0.05) is 0 Å². The van der Waals surface area contributed by atoms with Crippen LogP contribution in [-0.4, -0.2) is 41.3 Å². The molecule has 152 valence electrons. The lowest BCUT2D eigenvalue weighted by Crippen LogP contribution is -2.36. The van der Waals surface area contributed by atoms with Gasteiger partial charge in [0.1, 0.15) is 5.82 Å². The minimum atomic E-state index is -0.277. The van der Waals surface area contributed by atoms with Crippen molar-refractivity contribution in [3.8, 4) is 11.3 Å². The third-order valence-corrected chi connectivity index (χ3v) is 5.69. The molecule has 1 aliphatic heterocycles. The zero-order valence-corrected chi connectivity index (χ0v) is 16.7. The van der Waals surface area contributed by atoms with E-state index in [0.717, 1.165) is 35.7 Å². The summed E-state index contributed by atoms with van der Waals surface area (Å²) in [5.41, 5.74) is 4.54. The number of hydrogen-bond donors (Lipinski definition) is 2. The Morgan fingerprint density at radius 1 is 1.17 bits per heavy atom. The van der Waals surface area contributed by atoms with E-state index in [9.17, 15) is 9.18 Å². The van der Waals surface area contributed by atoms with Crippen molar-refractivity contribution in [2.75, 3.05) is 36.5 Å². The van der Waals surface area contributed by atoms with Gasteiger partial charge in [0.05, 0.1) is 47.5 Å². The molecular weight excluding hydrogens is 405 g/mol. The van der Waals surface area contributed by atoms with E-state index in [1.54, 1.807) is 12.1 Å². The molecule has 1 fully saturated rings. The maximum absolute atomic E-state index is 13.2. The van der Waals surface area contributed by atoms with Gasteiger partial charge in [-0.25, -0.2) is 14.4 Å². The van der Waals surface area contributed by atoms with Gasteiger partial charge < -0.3 is 19.9 Å². The van der Waals surface area contributed by atoms with Crippen LogP contribution in [0, 0.1) is 5.82 Å². The van der Waals surface area contributed by atoms with Crippen LogP contribution in [0.1, 0.15) is 0 Å². The van der Waals surface area contributed by atoms with Crippen LogP contribution in [0.4, 0.5) is 20.9 Å². The predicted octanol–water partition coefficient (Wildman–Crippen LogP) is 3.77. The number of rotatable bonds is 4. The minimum Gasteiger partial charge on any atom is -0.378 e. The van der Waals surface area contributed by atoms with Crippen molar-refractivity contribution in [3.05, 3.63) is 64.1 Å². The van der Waals surface area contributed by atoms with Crippen LogP contribution in [0.2, 0.25) is 0 Å². The molecule has 5 rings (SSSR count). The second-order valence-corrected chi connectivity index (χ2v) is 7.76. The molecule has 0 atom stereocenters. The Morgan fingerprint density at radius 3 is 2.77 bits per heavy atom. The Kier molecular flexibility index (Phi) is 4.89. The molecule has 9 heteroatoms. The summed E-state index contributed by atoms with van der Waals surface area (Å²) in [6.45, 7) is 2.84. The molecule has 1 saturated heterocycles. The van der Waals surface area contributed by atoms with Crippen molar-refractivity contribution in [2.24, 2.45) is 0 Å². The average molecular weight is 423 g/mol. The molecule has 0 saturated carbocycles. The number of hydrogen-bond acceptors (Lipinski definition) is 7. The Morgan fingerprint density at radius 2 is 1.97 bits per heavy atom. The fraction of sp³-hybridized carbons (Fsp3) is 0.190. The first-order chi connectivity index (χ1) is 14.7. The van der Waals surface area contributed by atoms with Gasteiger partial charge in [-0.05, 0) is 36.4 Å². The highest BCUT2D eigenvalue weighted by atomic mass is 32.1. The predicted molar refractivity (Wildman–Crippen MR) is 116 cm³/mol. The molecule has 3 heterocycles. The highest BCUT2D eigenvalue weighted by Gasteiger charge is 2.18. The smallest absolute Gasteiger partial charge is 0.266 e. The first kappa shape index (κ1) is 18.7. The molecule has 0 aliphatic carbocycles. The number of H-pyrrole nitrogens is 1. The van der Waals surface area contributed by atoms with Crippen LogP contribution >= 0.6 is 11.3 Å². The number of halogens is 1. The van der Waals surface area contributed by atoms with E-state index in [1.807, 2.05) is 17.5 Å². The SMILES string of the molecule is O=c1cnc2cc(N3CCOCC3)c(Nc3nc(-c4ccc(F)cc4)cs3)cc2[nH]1. The summed E-state index contributed by atoms with van der Waals surface area (Å²) in [5, 5.41) is 6.01. The van der Waals surface area contributed by atoms with Crippen molar-refractivity contribution in [1.29, 1.82) is 0 Å². The van der Waals surface area contributed by atoms with Crippen molar-refractivity contribution in [2.45, 2.75) is 0 Å². The van der Waals surface area contributed by atoms with Crippen LogP contribution in [-0.2, 0) is 4.74 Å². The van der Waals surface area contributed by atoms with Gasteiger partial charge >= 0.3 is 0 Å². The molecule has 0 unspecified atom stereocenters. The highest BCUT2D eigenvalue weighted by Crippen LogP contribution is 2.34. The van der Waals surface area contributed by atoms with Gasteiger partial charge in [0.15, 0.2) is 5.13 Å². The standard InChI is InChI=1S/C21H18FN5O2S/c22-14-3-1-13(2-4-14)18-12-30-21(26-18)25-17-9-16-15(23-11-20(28)24-16)10-19(17)27-5-7-29-8-6-27/h1-4,9-12H,5-8H2,(H,24,28)(H,25,26). The van der Waals surface area contributed by atoms with Crippen molar-refractivity contribution in [1.82, 2.24) is 15.0 Å². The van der Waals surface area contributed by atoms with Crippen LogP contribution < -0.4 is 15.8 Å². The van der Waals surface area contributed by atoms with Crippen LogP contribution in [0.25, 0.3) is 22.3 Å². The summed E-state index contributed by atoms with van der Waals surface area (Å²) in [6.07, 6.45) is 1.29. The van der Waals surface area contributed by atoms with E-state index in [2.05, 4.69) is 25.2 Å². The molecule has 0 radical (unpaired) electrons. The molecule has 30 heavy (non-hydrogen) atoms. The summed E-state index contributed by atoms with van der Waals surface area (Å²) in [6, 6.07) is 10.1. The monoisotopic (exact) mass is 423 g/mol. The number of aromatic nitrogens is 3. The summed E-state index contributed by atoms with van der Waals surface area (Å²) in [5.74, 6) is -0.277. The van der Waals surface area contributed by atoms with Crippen LogP contribution in [0.5, 0.6) is 0 Å². The number of thiazole rings is 1. The van der Waals surface area contributed by atoms with Crippen molar-refractivity contribution < 1.29 is 9.13 Å². The van der Waals surface area contributed by atoms with Crippen molar-refractivity contribution >= 4 is 38.9 Å². The molecule has 2 aromatic heterocycles. The summed E-state index contributed by atoms with van der Waals surface area (Å²) in [7, 11) is 0. The van der Waals surface area contributed by atoms with Gasteiger partial charge in [0.25, 0.3) is 5.56 Å². The number of morpholine rings is 1. The van der Waals surface area contributed by atoms with Crippen LogP contribution in [0.3, 0.4) is 0 Å². The second kappa shape index (κ2) is 7.85. The maximum atomic E-state index is 13.2. The number of aromatic amines is 1. The number of benzene rings is 2. The van der Waals surface area contributed by atoms with E-state index in [0.29, 0.717) is 29.4 Å². The third kappa shape index (κ3) is 3.77. The zero-order chi connectivity index (χ0) is 20.5. The minimum absolute atomic E-state index is 0.250. The molecule has 2 N–H and O–H groups in total. The van der Waals surface area contributed by atoms with E-state index in [4.69, 9.17) is 4.74 Å². The normalized spacial score (nSPS) is 14.2. The average Bonchev–Trinajstić information content (AvgIpc) is 3.23. The number of ether oxygens (including phenoxy) is 1. The van der Waals surface area contributed by atoms with Gasteiger partial charge in [0.2, 0.25) is 0 Å². The highest BCUT2D eigenvalue weighted by molar-refractivity contribution is 7.14. The topological polar surface area (TPSA) is 83.1 Å². The lowest BCUT2D eigenvalue weighted by Gasteiger charge is -2.30. The van der Waals surface area contributed by atoms with Gasteiger partial charge in [0, 0.05) is 24.0 Å². The van der Waals surface area contributed by atoms with Gasteiger partial charge in [-0.15, -0.1) is 11.3 Å². The number of nitrogens with one attached hydrogen (secondary N) is 2. The fourth-order valence-electron chi connectivity index (χ4n) is 3.44. The fourth-order valence-corrected chi connectivity index (χ4v) is 4.17. The number of fused-ring (bicyclic) bond motifs is 1. The quantitative estimate of drug-likeness (QED) is 0.520. The lowest BCUT2D eigenvalue weighted by atomic mass is 10.2. The van der Waals surface area contributed by atoms with E-state index in [-0.39, 0.29) is 11.4 Å². The second-order valence-electron chi connectivity index (χ2n) is 6.90. The first-order valence-corrected chi connectivity index (χ1v) is 10.4. The van der Waals surface area contributed by atoms with Crippen molar-refractivity contribution in [3.63, 3.8) is 0 Å². The Bertz CT molecular complexity index is 1250. The van der Waals surface area contributed by atoms with Gasteiger partial charge in [-0.3, -0.25) is 4.79 Å². The molecule has 2 aromatic carbocycles. The molecule has 0 amide bonds. The molecule has 1 aliphatic rings. The lowest BCUT2D eigenvalue weighted by molar-refractivity contribution is 0.123. The van der Waals surface area contributed by atoms with Gasteiger partial charge in [-0.2, -0.15) is 0 Å². The van der Waals surface area contributed by atoms with E-state index >= 15 is 0 Å². The molecule has 0 bridgehead atoms. The van der Waals surface area contributed by atoms with Crippen LogP contribution in [0.15, 0.2) is 52.8 Å². The Labute approximate surface area is 175 Å². The third-order valence-electron chi connectivity index (χ3n) is 4.93.